The van der Waals surface area contributed by atoms with Crippen LogP contribution in [0.3, 0.4) is 0 Å². The normalized spacial score (nSPS) is 41.1. The number of hydrogen-bond acceptors (Lipinski definition) is 2. The van der Waals surface area contributed by atoms with Crippen LogP contribution >= 0.6 is 0 Å². The molecule has 2 N–H and O–H groups in total. The quantitative estimate of drug-likeness (QED) is 0.594. The van der Waals surface area contributed by atoms with Crippen LogP contribution in [0.2, 0.25) is 0 Å². The fourth-order valence-corrected chi connectivity index (χ4v) is 1.30. The van der Waals surface area contributed by atoms with Gasteiger partial charge >= 0.3 is 0 Å². The molecule has 0 radical (unpaired) electrons. The first-order chi connectivity index (χ1) is 4.57. The molecule has 0 aromatic carbocycles. The van der Waals surface area contributed by atoms with Crippen LogP contribution in [0.5, 0.6) is 0 Å². The molecule has 0 spiro atoms. The van der Waals surface area contributed by atoms with E-state index in [0.717, 1.165) is 13.2 Å². The van der Waals surface area contributed by atoms with E-state index >= 15 is 0 Å². The summed E-state index contributed by atoms with van der Waals surface area (Å²) < 4.78 is 5.31. The van der Waals surface area contributed by atoms with Gasteiger partial charge in [0.25, 0.3) is 0 Å². The third-order valence-corrected chi connectivity index (χ3v) is 2.88. The van der Waals surface area contributed by atoms with Crippen LogP contribution in [-0.4, -0.2) is 19.3 Å². The summed E-state index contributed by atoms with van der Waals surface area (Å²) in [5.74, 6) is 0.616. The molecule has 60 valence electrons. The third kappa shape index (κ3) is 1.06. The van der Waals surface area contributed by atoms with Crippen molar-refractivity contribution in [1.82, 2.24) is 0 Å². The van der Waals surface area contributed by atoms with E-state index in [2.05, 4.69) is 20.8 Å². The van der Waals surface area contributed by atoms with Crippen LogP contribution in [0.25, 0.3) is 0 Å². The molecule has 0 amide bonds. The molecule has 10 heavy (non-hydrogen) atoms. The Labute approximate surface area is 62.7 Å². The van der Waals surface area contributed by atoms with Crippen molar-refractivity contribution in [3.63, 3.8) is 0 Å². The molecule has 2 heteroatoms. The second-order valence-electron chi connectivity index (χ2n) is 3.78. The molecular formula is C8H17NO. The highest BCUT2D eigenvalue weighted by Crippen LogP contribution is 2.34. The van der Waals surface area contributed by atoms with Crippen molar-refractivity contribution >= 4 is 0 Å². The lowest BCUT2D eigenvalue weighted by molar-refractivity contribution is 0.131. The molecule has 0 aromatic heterocycles. The Bertz CT molecular complexity index is 124. The Morgan fingerprint density at radius 1 is 1.60 bits per heavy atom. The van der Waals surface area contributed by atoms with Gasteiger partial charge in [-0.25, -0.2) is 0 Å². The summed E-state index contributed by atoms with van der Waals surface area (Å²) in [5, 5.41) is 0. The molecule has 0 aromatic rings. The fraction of sp³-hybridized carbons (Fsp3) is 1.00. The predicted octanol–water partition coefficient (Wildman–Crippen LogP) is 1.01. The average Bonchev–Trinajstić information content (AvgIpc) is 2.15. The van der Waals surface area contributed by atoms with Crippen LogP contribution < -0.4 is 5.73 Å². The van der Waals surface area contributed by atoms with E-state index in [1.165, 1.54) is 0 Å². The number of nitrogens with two attached hydrogens (primary N) is 1. The smallest absolute Gasteiger partial charge is 0.0624 e. The van der Waals surface area contributed by atoms with Gasteiger partial charge in [0.05, 0.1) is 13.2 Å². The molecule has 1 unspecified atom stereocenters. The first kappa shape index (κ1) is 8.02. The third-order valence-electron chi connectivity index (χ3n) is 2.88. The van der Waals surface area contributed by atoms with E-state index in [4.69, 9.17) is 10.5 Å². The Morgan fingerprint density at radius 2 is 2.20 bits per heavy atom. The zero-order valence-corrected chi connectivity index (χ0v) is 7.05. The van der Waals surface area contributed by atoms with Gasteiger partial charge in [0.2, 0.25) is 0 Å². The standard InChI is InChI=1S/C8H17NO/c1-6(2)8(3)5-10-4-7(8)9/h6-7H,4-5,9H2,1-3H3/t7-,8?/m1/s1. The molecule has 2 atom stereocenters. The summed E-state index contributed by atoms with van der Waals surface area (Å²) in [6.45, 7) is 8.17. The van der Waals surface area contributed by atoms with Gasteiger partial charge in [-0.15, -0.1) is 0 Å². The molecule has 1 rings (SSSR count). The van der Waals surface area contributed by atoms with E-state index in [0.29, 0.717) is 5.92 Å². The minimum Gasteiger partial charge on any atom is -0.379 e. The summed E-state index contributed by atoms with van der Waals surface area (Å²) in [4.78, 5) is 0. The van der Waals surface area contributed by atoms with Gasteiger partial charge in [-0.3, -0.25) is 0 Å². The van der Waals surface area contributed by atoms with Gasteiger partial charge in [0.1, 0.15) is 0 Å². The highest BCUT2D eigenvalue weighted by Gasteiger charge is 2.39. The van der Waals surface area contributed by atoms with Crippen LogP contribution in [0.4, 0.5) is 0 Å². The molecular weight excluding hydrogens is 126 g/mol. The van der Waals surface area contributed by atoms with Crippen molar-refractivity contribution in [2.45, 2.75) is 26.8 Å². The van der Waals surface area contributed by atoms with Gasteiger partial charge in [-0.05, 0) is 5.92 Å². The molecule has 1 fully saturated rings. The molecule has 1 aliphatic rings. The molecule has 0 saturated carbocycles. The molecule has 1 heterocycles. The zero-order valence-electron chi connectivity index (χ0n) is 7.05. The second-order valence-corrected chi connectivity index (χ2v) is 3.78. The Morgan fingerprint density at radius 3 is 2.40 bits per heavy atom. The van der Waals surface area contributed by atoms with E-state index in [1.54, 1.807) is 0 Å². The maximum absolute atomic E-state index is 5.89. The van der Waals surface area contributed by atoms with Crippen molar-refractivity contribution in [3.05, 3.63) is 0 Å². The lowest BCUT2D eigenvalue weighted by Crippen LogP contribution is -2.41. The minimum absolute atomic E-state index is 0.208. The van der Waals surface area contributed by atoms with Crippen molar-refractivity contribution < 1.29 is 4.74 Å². The summed E-state index contributed by atoms with van der Waals surface area (Å²) in [6.07, 6.45) is 0. The highest BCUT2D eigenvalue weighted by molar-refractivity contribution is 4.91. The SMILES string of the molecule is CC(C)C1(C)COC[C@H]1N. The summed E-state index contributed by atoms with van der Waals surface area (Å²) >= 11 is 0. The number of hydrogen-bond donors (Lipinski definition) is 1. The van der Waals surface area contributed by atoms with Crippen molar-refractivity contribution in [2.24, 2.45) is 17.1 Å². The highest BCUT2D eigenvalue weighted by atomic mass is 16.5. The Kier molecular flexibility index (Phi) is 2.02. The Hall–Kier alpha value is -0.0800. The first-order valence-corrected chi connectivity index (χ1v) is 3.90. The van der Waals surface area contributed by atoms with Gasteiger partial charge in [-0.2, -0.15) is 0 Å². The van der Waals surface area contributed by atoms with Crippen LogP contribution in [0, 0.1) is 11.3 Å². The van der Waals surface area contributed by atoms with Crippen molar-refractivity contribution in [1.29, 1.82) is 0 Å². The largest absolute Gasteiger partial charge is 0.379 e. The van der Waals surface area contributed by atoms with E-state index in [9.17, 15) is 0 Å². The molecule has 2 nitrogen and oxygen atoms in total. The Balaban J connectivity index is 2.66. The number of ether oxygens (including phenoxy) is 1. The molecule has 1 aliphatic heterocycles. The van der Waals surface area contributed by atoms with Gasteiger partial charge < -0.3 is 10.5 Å². The van der Waals surface area contributed by atoms with E-state index in [1.807, 2.05) is 0 Å². The van der Waals surface area contributed by atoms with Crippen LogP contribution in [0.1, 0.15) is 20.8 Å². The van der Waals surface area contributed by atoms with E-state index < -0.39 is 0 Å². The average molecular weight is 143 g/mol. The minimum atomic E-state index is 0.208. The monoisotopic (exact) mass is 143 g/mol. The van der Waals surface area contributed by atoms with Gasteiger partial charge in [0, 0.05) is 11.5 Å². The van der Waals surface area contributed by atoms with E-state index in [-0.39, 0.29) is 11.5 Å². The molecule has 0 aliphatic carbocycles. The van der Waals surface area contributed by atoms with Gasteiger partial charge in [0.15, 0.2) is 0 Å². The summed E-state index contributed by atoms with van der Waals surface area (Å²) in [7, 11) is 0. The summed E-state index contributed by atoms with van der Waals surface area (Å²) in [5.41, 5.74) is 6.10. The first-order valence-electron chi connectivity index (χ1n) is 3.90. The zero-order chi connectivity index (χ0) is 7.78. The second kappa shape index (κ2) is 2.51. The van der Waals surface area contributed by atoms with Crippen molar-refractivity contribution in [2.75, 3.05) is 13.2 Å². The topological polar surface area (TPSA) is 35.2 Å². The summed E-state index contributed by atoms with van der Waals surface area (Å²) in [6, 6.07) is 0.229. The predicted molar refractivity (Wildman–Crippen MR) is 41.7 cm³/mol. The maximum Gasteiger partial charge on any atom is 0.0624 e. The van der Waals surface area contributed by atoms with Crippen LogP contribution in [-0.2, 0) is 4.74 Å². The number of rotatable bonds is 1. The molecule has 1 saturated heterocycles. The van der Waals surface area contributed by atoms with Gasteiger partial charge in [-0.1, -0.05) is 20.8 Å². The van der Waals surface area contributed by atoms with Crippen molar-refractivity contribution in [3.8, 4) is 0 Å². The molecule has 0 bridgehead atoms. The maximum atomic E-state index is 5.89. The lowest BCUT2D eigenvalue weighted by atomic mass is 9.76. The lowest BCUT2D eigenvalue weighted by Gasteiger charge is -2.31. The van der Waals surface area contributed by atoms with Crippen LogP contribution in [0.15, 0.2) is 0 Å². The fourth-order valence-electron chi connectivity index (χ4n) is 1.30.